The Labute approximate surface area is 151 Å². The summed E-state index contributed by atoms with van der Waals surface area (Å²) in [5.41, 5.74) is 1.12. The first kappa shape index (κ1) is 17.5. The van der Waals surface area contributed by atoms with E-state index in [2.05, 4.69) is 10.3 Å². The lowest BCUT2D eigenvalue weighted by Gasteiger charge is -2.10. The van der Waals surface area contributed by atoms with E-state index in [4.69, 9.17) is 4.74 Å². The van der Waals surface area contributed by atoms with Gasteiger partial charge in [-0.25, -0.2) is 9.78 Å². The van der Waals surface area contributed by atoms with Gasteiger partial charge in [0, 0.05) is 16.8 Å². The van der Waals surface area contributed by atoms with E-state index >= 15 is 0 Å². The summed E-state index contributed by atoms with van der Waals surface area (Å²) in [6, 6.07) is 9.64. The Kier molecular flexibility index (Phi) is 4.90. The number of hydrogen-bond donors (Lipinski definition) is 1. The SMILES string of the molecule is CCOC(=O)c1cc(NC(=O)c2csc([N+](=O)[O-])c2)c2ccccc2n1. The molecule has 132 valence electrons. The number of para-hydroxylation sites is 1. The Hall–Kier alpha value is -3.33. The molecule has 1 aromatic carbocycles. The summed E-state index contributed by atoms with van der Waals surface area (Å²) in [7, 11) is 0. The molecule has 3 rings (SSSR count). The van der Waals surface area contributed by atoms with Gasteiger partial charge < -0.3 is 10.1 Å². The third-order valence-corrected chi connectivity index (χ3v) is 4.36. The van der Waals surface area contributed by atoms with Crippen LogP contribution in [0.15, 0.2) is 41.8 Å². The maximum atomic E-state index is 12.4. The quantitative estimate of drug-likeness (QED) is 0.416. The van der Waals surface area contributed by atoms with E-state index in [-0.39, 0.29) is 22.9 Å². The van der Waals surface area contributed by atoms with Gasteiger partial charge >= 0.3 is 11.0 Å². The Bertz CT molecular complexity index is 1010. The van der Waals surface area contributed by atoms with Gasteiger partial charge in [0.15, 0.2) is 5.69 Å². The van der Waals surface area contributed by atoms with Crippen LogP contribution in [-0.2, 0) is 4.74 Å². The van der Waals surface area contributed by atoms with Gasteiger partial charge in [-0.3, -0.25) is 14.9 Å². The average molecular weight is 371 g/mol. The van der Waals surface area contributed by atoms with Crippen molar-refractivity contribution in [3.8, 4) is 0 Å². The van der Waals surface area contributed by atoms with Crippen LogP contribution in [0.4, 0.5) is 10.7 Å². The van der Waals surface area contributed by atoms with Gasteiger partial charge in [-0.2, -0.15) is 0 Å². The highest BCUT2D eigenvalue weighted by molar-refractivity contribution is 7.13. The molecule has 0 saturated carbocycles. The summed E-state index contributed by atoms with van der Waals surface area (Å²) in [6.07, 6.45) is 0. The zero-order valence-electron chi connectivity index (χ0n) is 13.6. The number of nitrogens with zero attached hydrogens (tertiary/aromatic N) is 2. The number of nitro groups is 1. The van der Waals surface area contributed by atoms with Gasteiger partial charge in [0.05, 0.1) is 28.3 Å². The Morgan fingerprint density at radius 2 is 2.08 bits per heavy atom. The smallest absolute Gasteiger partial charge is 0.357 e. The normalized spacial score (nSPS) is 10.5. The average Bonchev–Trinajstić information content (AvgIpc) is 3.12. The predicted molar refractivity (Wildman–Crippen MR) is 96.6 cm³/mol. The van der Waals surface area contributed by atoms with E-state index in [1.165, 1.54) is 17.5 Å². The van der Waals surface area contributed by atoms with Crippen molar-refractivity contribution in [1.29, 1.82) is 0 Å². The van der Waals surface area contributed by atoms with Crippen molar-refractivity contribution in [3.63, 3.8) is 0 Å². The van der Waals surface area contributed by atoms with Crippen molar-refractivity contribution in [1.82, 2.24) is 4.98 Å². The number of aromatic nitrogens is 1. The van der Waals surface area contributed by atoms with E-state index in [0.717, 1.165) is 11.3 Å². The maximum Gasteiger partial charge on any atom is 0.357 e. The minimum absolute atomic E-state index is 0.0668. The second kappa shape index (κ2) is 7.28. The lowest BCUT2D eigenvalue weighted by molar-refractivity contribution is -0.380. The summed E-state index contributed by atoms with van der Waals surface area (Å²) in [4.78, 5) is 38.9. The number of thiophene rings is 1. The van der Waals surface area contributed by atoms with Crippen LogP contribution < -0.4 is 5.32 Å². The number of fused-ring (bicyclic) bond motifs is 1. The summed E-state index contributed by atoms with van der Waals surface area (Å²) in [5.74, 6) is -1.11. The molecular formula is C17H13N3O5S. The zero-order chi connectivity index (χ0) is 18.7. The van der Waals surface area contributed by atoms with Crippen LogP contribution in [-0.4, -0.2) is 28.4 Å². The monoisotopic (exact) mass is 371 g/mol. The number of pyridine rings is 1. The molecule has 0 radical (unpaired) electrons. The summed E-state index contributed by atoms with van der Waals surface area (Å²) >= 11 is 0.868. The van der Waals surface area contributed by atoms with Crippen LogP contribution in [0, 0.1) is 10.1 Å². The molecular weight excluding hydrogens is 358 g/mol. The van der Waals surface area contributed by atoms with Crippen molar-refractivity contribution in [2.75, 3.05) is 11.9 Å². The van der Waals surface area contributed by atoms with Gasteiger partial charge in [-0.15, -0.1) is 0 Å². The molecule has 0 spiro atoms. The first-order valence-corrected chi connectivity index (χ1v) is 8.48. The highest BCUT2D eigenvalue weighted by atomic mass is 32.1. The number of esters is 1. The largest absolute Gasteiger partial charge is 0.461 e. The Morgan fingerprint density at radius 1 is 1.31 bits per heavy atom. The van der Waals surface area contributed by atoms with Crippen molar-refractivity contribution in [2.24, 2.45) is 0 Å². The molecule has 0 saturated heterocycles. The fraction of sp³-hybridized carbons (Fsp3) is 0.118. The van der Waals surface area contributed by atoms with Crippen molar-refractivity contribution in [2.45, 2.75) is 6.92 Å². The second-order valence-corrected chi connectivity index (χ2v) is 6.07. The molecule has 3 aromatic rings. The molecule has 0 bridgehead atoms. The van der Waals surface area contributed by atoms with E-state index in [1.54, 1.807) is 31.2 Å². The number of carbonyl (C=O) groups is 2. The molecule has 0 unspecified atom stereocenters. The van der Waals surface area contributed by atoms with Crippen molar-refractivity contribution < 1.29 is 19.2 Å². The summed E-state index contributed by atoms with van der Waals surface area (Å²) in [5, 5.41) is 15.4. The fourth-order valence-corrected chi connectivity index (χ4v) is 3.03. The molecule has 9 heteroatoms. The molecule has 1 amide bonds. The van der Waals surface area contributed by atoms with Crippen LogP contribution >= 0.6 is 11.3 Å². The third-order valence-electron chi connectivity index (χ3n) is 3.48. The minimum atomic E-state index is -0.597. The predicted octanol–water partition coefficient (Wildman–Crippen LogP) is 3.63. The Balaban J connectivity index is 1.98. The number of anilines is 1. The number of rotatable bonds is 5. The molecule has 0 atom stereocenters. The topological polar surface area (TPSA) is 111 Å². The summed E-state index contributed by atoms with van der Waals surface area (Å²) < 4.78 is 4.96. The number of benzene rings is 1. The highest BCUT2D eigenvalue weighted by Crippen LogP contribution is 2.26. The van der Waals surface area contributed by atoms with E-state index in [1.807, 2.05) is 0 Å². The third kappa shape index (κ3) is 3.52. The molecule has 1 N–H and O–H groups in total. The van der Waals surface area contributed by atoms with Crippen LogP contribution in [0.5, 0.6) is 0 Å². The molecule has 0 aliphatic rings. The van der Waals surface area contributed by atoms with E-state index in [9.17, 15) is 19.7 Å². The second-order valence-electron chi connectivity index (χ2n) is 5.18. The molecule has 0 aliphatic carbocycles. The van der Waals surface area contributed by atoms with Gasteiger partial charge in [0.2, 0.25) is 0 Å². The van der Waals surface area contributed by atoms with Gasteiger partial charge in [-0.1, -0.05) is 29.5 Å². The van der Waals surface area contributed by atoms with Crippen LogP contribution in [0.25, 0.3) is 10.9 Å². The van der Waals surface area contributed by atoms with Crippen molar-refractivity contribution >= 4 is 44.8 Å². The molecule has 2 heterocycles. The molecule has 2 aromatic heterocycles. The molecule has 0 aliphatic heterocycles. The number of nitrogens with one attached hydrogen (secondary N) is 1. The first-order chi connectivity index (χ1) is 12.5. The number of ether oxygens (including phenoxy) is 1. The molecule has 0 fully saturated rings. The van der Waals surface area contributed by atoms with Crippen LogP contribution in [0.1, 0.15) is 27.8 Å². The van der Waals surface area contributed by atoms with E-state index < -0.39 is 16.8 Å². The fourth-order valence-electron chi connectivity index (χ4n) is 2.32. The number of amides is 1. The first-order valence-electron chi connectivity index (χ1n) is 7.60. The molecule has 8 nitrogen and oxygen atoms in total. The Morgan fingerprint density at radius 3 is 2.77 bits per heavy atom. The van der Waals surface area contributed by atoms with E-state index in [0.29, 0.717) is 16.6 Å². The lowest BCUT2D eigenvalue weighted by atomic mass is 10.1. The maximum absolute atomic E-state index is 12.4. The molecule has 26 heavy (non-hydrogen) atoms. The highest BCUT2D eigenvalue weighted by Gasteiger charge is 2.18. The summed E-state index contributed by atoms with van der Waals surface area (Å²) in [6.45, 7) is 1.89. The van der Waals surface area contributed by atoms with Crippen LogP contribution in [0.3, 0.4) is 0 Å². The van der Waals surface area contributed by atoms with Crippen LogP contribution in [0.2, 0.25) is 0 Å². The van der Waals surface area contributed by atoms with Crippen molar-refractivity contribution in [3.05, 3.63) is 63.1 Å². The lowest BCUT2D eigenvalue weighted by Crippen LogP contribution is -2.13. The number of carbonyl (C=O) groups excluding carboxylic acids is 2. The zero-order valence-corrected chi connectivity index (χ0v) is 14.4. The van der Waals surface area contributed by atoms with Gasteiger partial charge in [-0.05, 0) is 19.1 Å². The minimum Gasteiger partial charge on any atom is -0.461 e. The number of hydrogen-bond acceptors (Lipinski definition) is 7. The van der Waals surface area contributed by atoms with Gasteiger partial charge in [0.25, 0.3) is 5.91 Å². The van der Waals surface area contributed by atoms with Gasteiger partial charge in [0.1, 0.15) is 0 Å². The standard InChI is InChI=1S/C17H13N3O5S/c1-2-25-17(22)14-8-13(11-5-3-4-6-12(11)18-14)19-16(21)10-7-15(20(23)24)26-9-10/h3-9H,2H2,1H3,(H,18,19,21).